The average Bonchev–Trinajstić information content (AvgIpc) is 2.77. The van der Waals surface area contributed by atoms with Crippen molar-refractivity contribution < 1.29 is 13.2 Å². The molecule has 1 aliphatic rings. The van der Waals surface area contributed by atoms with Crippen LogP contribution in [0.25, 0.3) is 21.9 Å². The Bertz CT molecular complexity index is 1250. The van der Waals surface area contributed by atoms with Gasteiger partial charge in [0, 0.05) is 37.3 Å². The predicted molar refractivity (Wildman–Crippen MR) is 130 cm³/mol. The number of nitrogens with zero attached hydrogens (tertiary/aromatic N) is 2. The van der Waals surface area contributed by atoms with E-state index in [1.54, 1.807) is 4.90 Å². The van der Waals surface area contributed by atoms with E-state index in [0.717, 1.165) is 21.9 Å². The van der Waals surface area contributed by atoms with Crippen LogP contribution in [-0.2, 0) is 15.4 Å². The number of carbonyl (C=O) groups excluding carboxylic acids is 1. The Morgan fingerprint density at radius 2 is 1.47 bits per heavy atom. The van der Waals surface area contributed by atoms with Gasteiger partial charge in [-0.1, -0.05) is 75.4 Å². The minimum atomic E-state index is -3.24. The molecule has 4 rings (SSSR count). The van der Waals surface area contributed by atoms with Crippen LogP contribution in [0.4, 0.5) is 0 Å². The van der Waals surface area contributed by atoms with Crippen molar-refractivity contribution in [1.29, 1.82) is 0 Å². The van der Waals surface area contributed by atoms with Crippen molar-refractivity contribution in [2.75, 3.05) is 32.4 Å². The molecule has 0 bridgehead atoms. The molecular formula is C26H30N2O3S. The third-order valence-corrected chi connectivity index (χ3v) is 7.50. The first-order valence-corrected chi connectivity index (χ1v) is 12.8. The average molecular weight is 451 g/mol. The monoisotopic (exact) mass is 450 g/mol. The van der Waals surface area contributed by atoms with E-state index in [9.17, 15) is 13.2 Å². The summed E-state index contributed by atoms with van der Waals surface area (Å²) in [6.07, 6.45) is 1.22. The molecule has 1 saturated heterocycles. The number of benzene rings is 3. The molecule has 0 N–H and O–H groups in total. The molecule has 168 valence electrons. The lowest BCUT2D eigenvalue weighted by atomic mass is 9.85. The molecule has 0 radical (unpaired) electrons. The summed E-state index contributed by atoms with van der Waals surface area (Å²) in [7, 11) is -3.24. The zero-order valence-electron chi connectivity index (χ0n) is 19.1. The number of rotatable bonds is 3. The van der Waals surface area contributed by atoms with Crippen molar-refractivity contribution >= 4 is 26.7 Å². The number of carbonyl (C=O) groups is 1. The predicted octanol–water partition coefficient (Wildman–Crippen LogP) is 4.52. The van der Waals surface area contributed by atoms with Gasteiger partial charge in [0.2, 0.25) is 10.0 Å². The summed E-state index contributed by atoms with van der Waals surface area (Å²) in [5.41, 5.74) is 3.88. The van der Waals surface area contributed by atoms with Gasteiger partial charge in [0.25, 0.3) is 5.91 Å². The lowest BCUT2D eigenvalue weighted by Crippen LogP contribution is -2.50. The molecule has 1 heterocycles. The molecule has 0 atom stereocenters. The fraction of sp³-hybridized carbons (Fsp3) is 0.346. The van der Waals surface area contributed by atoms with Crippen LogP contribution < -0.4 is 0 Å². The van der Waals surface area contributed by atoms with Crippen LogP contribution in [0.15, 0.2) is 60.7 Å². The van der Waals surface area contributed by atoms with Crippen molar-refractivity contribution in [2.45, 2.75) is 26.2 Å². The van der Waals surface area contributed by atoms with Crippen LogP contribution in [0.5, 0.6) is 0 Å². The maximum absolute atomic E-state index is 13.6. The largest absolute Gasteiger partial charge is 0.336 e. The highest BCUT2D eigenvalue weighted by Crippen LogP contribution is 2.34. The fourth-order valence-electron chi connectivity index (χ4n) is 4.29. The Kier molecular flexibility index (Phi) is 5.86. The van der Waals surface area contributed by atoms with Gasteiger partial charge in [0.15, 0.2) is 0 Å². The lowest BCUT2D eigenvalue weighted by Gasteiger charge is -2.33. The number of fused-ring (bicyclic) bond motifs is 1. The summed E-state index contributed by atoms with van der Waals surface area (Å²) in [5, 5.41) is 2.12. The van der Waals surface area contributed by atoms with Gasteiger partial charge in [-0.15, -0.1) is 0 Å². The molecule has 6 heteroatoms. The van der Waals surface area contributed by atoms with Crippen molar-refractivity contribution in [3.63, 3.8) is 0 Å². The molecule has 3 aromatic carbocycles. The van der Waals surface area contributed by atoms with Crippen molar-refractivity contribution in [3.05, 3.63) is 71.8 Å². The first-order valence-electron chi connectivity index (χ1n) is 10.9. The quantitative estimate of drug-likeness (QED) is 0.589. The van der Waals surface area contributed by atoms with Gasteiger partial charge in [-0.25, -0.2) is 8.42 Å². The lowest BCUT2D eigenvalue weighted by molar-refractivity contribution is 0.0699. The third kappa shape index (κ3) is 4.43. The Morgan fingerprint density at radius 1 is 0.844 bits per heavy atom. The topological polar surface area (TPSA) is 57.7 Å². The maximum Gasteiger partial charge on any atom is 0.254 e. The van der Waals surface area contributed by atoms with E-state index in [1.807, 2.05) is 24.3 Å². The van der Waals surface area contributed by atoms with Crippen LogP contribution in [-0.4, -0.2) is 56.0 Å². The summed E-state index contributed by atoms with van der Waals surface area (Å²) in [6, 6.07) is 20.5. The molecule has 3 aromatic rings. The Balaban J connectivity index is 1.75. The van der Waals surface area contributed by atoms with Gasteiger partial charge in [-0.2, -0.15) is 4.31 Å². The Morgan fingerprint density at radius 3 is 2.06 bits per heavy atom. The van der Waals surface area contributed by atoms with E-state index >= 15 is 0 Å². The minimum absolute atomic E-state index is 0.0508. The molecule has 1 amide bonds. The molecule has 0 spiro atoms. The van der Waals surface area contributed by atoms with Crippen LogP contribution in [0.3, 0.4) is 0 Å². The minimum Gasteiger partial charge on any atom is -0.336 e. The smallest absolute Gasteiger partial charge is 0.254 e. The van der Waals surface area contributed by atoms with E-state index in [-0.39, 0.29) is 11.3 Å². The molecule has 5 nitrogen and oxygen atoms in total. The van der Waals surface area contributed by atoms with E-state index in [0.29, 0.717) is 31.7 Å². The Labute approximate surface area is 190 Å². The van der Waals surface area contributed by atoms with Crippen molar-refractivity contribution in [2.24, 2.45) is 0 Å². The first-order chi connectivity index (χ1) is 15.1. The number of piperazine rings is 1. The van der Waals surface area contributed by atoms with Crippen LogP contribution in [0, 0.1) is 0 Å². The highest BCUT2D eigenvalue weighted by molar-refractivity contribution is 7.88. The van der Waals surface area contributed by atoms with Crippen molar-refractivity contribution in [1.82, 2.24) is 9.21 Å². The number of hydrogen-bond acceptors (Lipinski definition) is 3. The van der Waals surface area contributed by atoms with Crippen LogP contribution in [0.1, 0.15) is 36.7 Å². The van der Waals surface area contributed by atoms with Gasteiger partial charge < -0.3 is 4.90 Å². The standard InChI is InChI=1S/C26H30N2O3S/c1-26(2,3)21-12-9-20(10-13-21)24-22-8-6-5-7-19(22)11-14-23(24)25(29)27-15-17-28(18-16-27)32(4,30)31/h5-14H,15-18H2,1-4H3. The summed E-state index contributed by atoms with van der Waals surface area (Å²) in [6.45, 7) is 7.99. The Hall–Kier alpha value is -2.70. The second-order valence-electron chi connectivity index (χ2n) is 9.49. The summed E-state index contributed by atoms with van der Waals surface area (Å²) in [5.74, 6) is -0.0567. The van der Waals surface area contributed by atoms with Crippen LogP contribution in [0.2, 0.25) is 0 Å². The fourth-order valence-corrected chi connectivity index (χ4v) is 5.12. The molecule has 1 fully saturated rings. The second-order valence-corrected chi connectivity index (χ2v) is 11.5. The molecule has 0 aromatic heterocycles. The molecule has 0 saturated carbocycles. The zero-order chi connectivity index (χ0) is 23.1. The van der Waals surface area contributed by atoms with E-state index in [4.69, 9.17) is 0 Å². The maximum atomic E-state index is 13.6. The van der Waals surface area contributed by atoms with Gasteiger partial charge >= 0.3 is 0 Å². The van der Waals surface area contributed by atoms with E-state index < -0.39 is 10.0 Å². The summed E-state index contributed by atoms with van der Waals surface area (Å²) in [4.78, 5) is 15.3. The molecule has 0 aliphatic carbocycles. The second kappa shape index (κ2) is 8.34. The van der Waals surface area contributed by atoms with Crippen molar-refractivity contribution in [3.8, 4) is 11.1 Å². The van der Waals surface area contributed by atoms with Gasteiger partial charge in [-0.05, 0) is 33.4 Å². The normalized spacial score (nSPS) is 15.8. The molecule has 32 heavy (non-hydrogen) atoms. The van der Waals surface area contributed by atoms with Crippen LogP contribution >= 0.6 is 0 Å². The van der Waals surface area contributed by atoms with E-state index in [2.05, 4.69) is 57.2 Å². The number of hydrogen-bond donors (Lipinski definition) is 0. The van der Waals surface area contributed by atoms with Gasteiger partial charge in [0.1, 0.15) is 0 Å². The molecular weight excluding hydrogens is 420 g/mol. The first kappa shape index (κ1) is 22.5. The molecule has 0 unspecified atom stereocenters. The van der Waals surface area contributed by atoms with Gasteiger partial charge in [0.05, 0.1) is 6.26 Å². The molecule has 1 aliphatic heterocycles. The highest BCUT2D eigenvalue weighted by atomic mass is 32.2. The zero-order valence-corrected chi connectivity index (χ0v) is 19.9. The number of sulfonamides is 1. The summed E-state index contributed by atoms with van der Waals surface area (Å²) < 4.78 is 25.1. The van der Waals surface area contributed by atoms with E-state index in [1.165, 1.54) is 16.1 Å². The third-order valence-electron chi connectivity index (χ3n) is 6.19. The highest BCUT2D eigenvalue weighted by Gasteiger charge is 2.28. The summed E-state index contributed by atoms with van der Waals surface area (Å²) >= 11 is 0. The van der Waals surface area contributed by atoms with Gasteiger partial charge in [-0.3, -0.25) is 4.79 Å². The number of amides is 1. The SMILES string of the molecule is CC(C)(C)c1ccc(-c2c(C(=O)N3CCN(S(C)(=O)=O)CC3)ccc3ccccc23)cc1.